The molecule has 1 N–H and O–H groups in total. The molecule has 0 bridgehead atoms. The maximum atomic E-state index is 12.6. The Morgan fingerprint density at radius 1 is 1.29 bits per heavy atom. The van der Waals surface area contributed by atoms with Crippen molar-refractivity contribution in [2.75, 3.05) is 6.54 Å². The minimum atomic E-state index is -0.0116. The van der Waals surface area contributed by atoms with Gasteiger partial charge >= 0.3 is 0 Å². The van der Waals surface area contributed by atoms with E-state index in [0.717, 1.165) is 43.9 Å². The topological polar surface area (TPSA) is 67.2 Å². The molecule has 1 aromatic rings. The van der Waals surface area contributed by atoms with Crippen LogP contribution in [0.4, 0.5) is 0 Å². The third kappa shape index (κ3) is 2.82. The van der Waals surface area contributed by atoms with Crippen molar-refractivity contribution < 1.29 is 9.59 Å². The zero-order valence-corrected chi connectivity index (χ0v) is 14.5. The molecular formula is C18H26N4O2. The smallest absolute Gasteiger partial charge is 0.226 e. The van der Waals surface area contributed by atoms with Gasteiger partial charge in [0.05, 0.1) is 18.2 Å². The molecule has 24 heavy (non-hydrogen) atoms. The normalized spacial score (nSPS) is 28.9. The van der Waals surface area contributed by atoms with E-state index in [1.807, 2.05) is 18.0 Å². The largest absolute Gasteiger partial charge is 0.353 e. The van der Waals surface area contributed by atoms with Gasteiger partial charge in [-0.25, -0.2) is 4.98 Å². The highest BCUT2D eigenvalue weighted by Gasteiger charge is 2.44. The molecule has 1 aromatic heterocycles. The molecule has 1 aliphatic heterocycles. The molecule has 0 radical (unpaired) electrons. The lowest BCUT2D eigenvalue weighted by Crippen LogP contribution is -2.42. The van der Waals surface area contributed by atoms with Crippen molar-refractivity contribution >= 4 is 11.8 Å². The molecule has 0 spiro atoms. The molecule has 2 heterocycles. The molecule has 0 saturated heterocycles. The fourth-order valence-electron chi connectivity index (χ4n) is 3.81. The summed E-state index contributed by atoms with van der Waals surface area (Å²) in [6.07, 6.45) is 6.73. The summed E-state index contributed by atoms with van der Waals surface area (Å²) in [4.78, 5) is 31.3. The van der Waals surface area contributed by atoms with Crippen molar-refractivity contribution in [1.82, 2.24) is 19.8 Å². The Morgan fingerprint density at radius 3 is 2.67 bits per heavy atom. The molecule has 2 amide bonds. The van der Waals surface area contributed by atoms with E-state index in [1.54, 1.807) is 0 Å². The molecule has 130 valence electrons. The number of nitrogens with one attached hydrogen (secondary N) is 1. The maximum Gasteiger partial charge on any atom is 0.226 e. The fraction of sp³-hybridized carbons (Fsp3) is 0.722. The molecule has 0 unspecified atom stereocenters. The van der Waals surface area contributed by atoms with E-state index in [4.69, 9.17) is 0 Å². The van der Waals surface area contributed by atoms with Crippen LogP contribution in [0.25, 0.3) is 0 Å². The first-order valence-corrected chi connectivity index (χ1v) is 9.18. The SMILES string of the molecule is C[C@@H]1C[C@@H]1C(=O)N1CCn2cc(CC(=O)NC3CCC3)nc2[C@@H]1C. The van der Waals surface area contributed by atoms with Crippen LogP contribution in [0.2, 0.25) is 0 Å². The summed E-state index contributed by atoms with van der Waals surface area (Å²) in [5, 5.41) is 3.06. The van der Waals surface area contributed by atoms with Gasteiger partial charge in [0.25, 0.3) is 0 Å². The van der Waals surface area contributed by atoms with Gasteiger partial charge in [-0.2, -0.15) is 0 Å². The second-order valence-corrected chi connectivity index (χ2v) is 7.68. The van der Waals surface area contributed by atoms with E-state index in [-0.39, 0.29) is 23.8 Å². The van der Waals surface area contributed by atoms with Crippen LogP contribution in [0, 0.1) is 11.8 Å². The van der Waals surface area contributed by atoms with E-state index in [9.17, 15) is 9.59 Å². The van der Waals surface area contributed by atoms with Crippen molar-refractivity contribution in [3.63, 3.8) is 0 Å². The number of amides is 2. The van der Waals surface area contributed by atoms with E-state index < -0.39 is 0 Å². The quantitative estimate of drug-likeness (QED) is 0.913. The van der Waals surface area contributed by atoms with Crippen LogP contribution in [0.15, 0.2) is 6.20 Å². The van der Waals surface area contributed by atoms with Gasteiger partial charge in [0, 0.05) is 31.2 Å². The monoisotopic (exact) mass is 330 g/mol. The molecule has 2 saturated carbocycles. The number of carbonyl (C=O) groups excluding carboxylic acids is 2. The molecule has 6 heteroatoms. The number of aromatic nitrogens is 2. The lowest BCUT2D eigenvalue weighted by molar-refractivity contribution is -0.136. The highest BCUT2D eigenvalue weighted by molar-refractivity contribution is 5.82. The van der Waals surface area contributed by atoms with Crippen molar-refractivity contribution in [1.29, 1.82) is 0 Å². The Bertz CT molecular complexity index is 664. The maximum absolute atomic E-state index is 12.6. The van der Waals surface area contributed by atoms with Crippen LogP contribution in [-0.2, 0) is 22.6 Å². The standard InChI is InChI=1S/C18H26N4O2/c1-11-8-15(11)18(24)22-7-6-21-10-14(20-17(21)12(22)2)9-16(23)19-13-4-3-5-13/h10-13,15H,3-9H2,1-2H3,(H,19,23)/t11-,12+,15+/m1/s1. The Labute approximate surface area is 142 Å². The average molecular weight is 330 g/mol. The number of carbonyl (C=O) groups is 2. The average Bonchev–Trinajstić information content (AvgIpc) is 3.08. The molecule has 4 rings (SSSR count). The second-order valence-electron chi connectivity index (χ2n) is 7.68. The summed E-state index contributed by atoms with van der Waals surface area (Å²) < 4.78 is 2.11. The molecule has 3 aliphatic rings. The Balaban J connectivity index is 1.42. The van der Waals surface area contributed by atoms with Crippen molar-refractivity contribution in [2.45, 2.75) is 64.6 Å². The molecule has 2 aliphatic carbocycles. The van der Waals surface area contributed by atoms with Gasteiger partial charge in [-0.05, 0) is 38.5 Å². The first-order chi connectivity index (χ1) is 11.5. The van der Waals surface area contributed by atoms with Gasteiger partial charge in [0.1, 0.15) is 5.82 Å². The lowest BCUT2D eigenvalue weighted by atomic mass is 9.93. The fourth-order valence-corrected chi connectivity index (χ4v) is 3.81. The number of hydrogen-bond donors (Lipinski definition) is 1. The zero-order valence-electron chi connectivity index (χ0n) is 14.5. The summed E-state index contributed by atoms with van der Waals surface area (Å²) in [6.45, 7) is 5.68. The second kappa shape index (κ2) is 5.90. The van der Waals surface area contributed by atoms with Crippen LogP contribution in [0.3, 0.4) is 0 Å². The highest BCUT2D eigenvalue weighted by Crippen LogP contribution is 2.41. The van der Waals surface area contributed by atoms with Gasteiger partial charge in [-0.3, -0.25) is 9.59 Å². The van der Waals surface area contributed by atoms with E-state index >= 15 is 0 Å². The van der Waals surface area contributed by atoms with Crippen LogP contribution in [-0.4, -0.2) is 38.9 Å². The van der Waals surface area contributed by atoms with Crippen LogP contribution in [0.1, 0.15) is 57.1 Å². The van der Waals surface area contributed by atoms with Crippen LogP contribution < -0.4 is 5.32 Å². The predicted molar refractivity (Wildman–Crippen MR) is 89.1 cm³/mol. The minimum absolute atomic E-state index is 0.0116. The van der Waals surface area contributed by atoms with E-state index in [1.165, 1.54) is 6.42 Å². The summed E-state index contributed by atoms with van der Waals surface area (Å²) in [7, 11) is 0. The Morgan fingerprint density at radius 2 is 2.04 bits per heavy atom. The third-order valence-corrected chi connectivity index (χ3v) is 5.80. The Kier molecular flexibility index (Phi) is 3.85. The first kappa shape index (κ1) is 15.7. The zero-order chi connectivity index (χ0) is 16.8. The van der Waals surface area contributed by atoms with Crippen molar-refractivity contribution in [2.24, 2.45) is 11.8 Å². The molecular weight excluding hydrogens is 304 g/mol. The predicted octanol–water partition coefficient (Wildman–Crippen LogP) is 1.65. The molecule has 6 nitrogen and oxygen atoms in total. The minimum Gasteiger partial charge on any atom is -0.353 e. The third-order valence-electron chi connectivity index (χ3n) is 5.80. The first-order valence-electron chi connectivity index (χ1n) is 9.18. The molecule has 3 atom stereocenters. The van der Waals surface area contributed by atoms with Gasteiger partial charge < -0.3 is 14.8 Å². The van der Waals surface area contributed by atoms with Crippen LogP contribution in [0.5, 0.6) is 0 Å². The summed E-state index contributed by atoms with van der Waals surface area (Å²) >= 11 is 0. The summed E-state index contributed by atoms with van der Waals surface area (Å²) in [5.41, 5.74) is 0.808. The molecule has 0 aromatic carbocycles. The number of rotatable bonds is 4. The van der Waals surface area contributed by atoms with Crippen LogP contribution >= 0.6 is 0 Å². The van der Waals surface area contributed by atoms with Gasteiger partial charge in [0.15, 0.2) is 0 Å². The van der Waals surface area contributed by atoms with Gasteiger partial charge in [-0.1, -0.05) is 6.92 Å². The summed E-state index contributed by atoms with van der Waals surface area (Å²) in [6, 6.07) is 0.352. The van der Waals surface area contributed by atoms with Crippen molar-refractivity contribution in [3.8, 4) is 0 Å². The summed E-state index contributed by atoms with van der Waals surface area (Å²) in [5.74, 6) is 1.98. The van der Waals surface area contributed by atoms with E-state index in [2.05, 4.69) is 21.8 Å². The molecule has 2 fully saturated rings. The Hall–Kier alpha value is -1.85. The highest BCUT2D eigenvalue weighted by atomic mass is 16.2. The van der Waals surface area contributed by atoms with E-state index in [0.29, 0.717) is 18.4 Å². The van der Waals surface area contributed by atoms with Crippen molar-refractivity contribution in [3.05, 3.63) is 17.7 Å². The number of nitrogens with zero attached hydrogens (tertiary/aromatic N) is 3. The number of imidazole rings is 1. The van der Waals surface area contributed by atoms with Gasteiger partial charge in [-0.15, -0.1) is 0 Å². The lowest BCUT2D eigenvalue weighted by Gasteiger charge is -2.34. The van der Waals surface area contributed by atoms with Gasteiger partial charge in [0.2, 0.25) is 11.8 Å². The number of fused-ring (bicyclic) bond motifs is 1. The number of hydrogen-bond acceptors (Lipinski definition) is 3.